The van der Waals surface area contributed by atoms with Gasteiger partial charge in [0.2, 0.25) is 6.71 Å². The molecule has 10 aromatic rings. The Balaban J connectivity index is 0.000000440. The smallest absolute Gasteiger partial charge is 0.247 e. The normalized spacial score (nSPS) is 12.6. The molecule has 0 aliphatic carbocycles. The summed E-state index contributed by atoms with van der Waals surface area (Å²) in [4.78, 5) is 4.99. The fourth-order valence-electron chi connectivity index (χ4n) is 13.0. The second-order valence-electron chi connectivity index (χ2n) is 26.1. The van der Waals surface area contributed by atoms with E-state index in [1.54, 1.807) is 0 Å². The molecule has 11 rings (SSSR count). The van der Waals surface area contributed by atoms with Gasteiger partial charge in [0.1, 0.15) is 0 Å². The molecule has 0 unspecified atom stereocenters. The molecule has 1 aliphatic heterocycles. The Kier molecular flexibility index (Phi) is 19.4. The lowest BCUT2D eigenvalue weighted by atomic mass is 9.33. The second-order valence-corrected chi connectivity index (χ2v) is 26.1. The number of fused-ring (bicyclic) bond motifs is 2. The summed E-state index contributed by atoms with van der Waals surface area (Å²) in [5.41, 5.74) is 27.1. The van der Waals surface area contributed by atoms with Crippen LogP contribution in [0.25, 0.3) is 0 Å². The zero-order valence-corrected chi connectivity index (χ0v) is 55.7. The first kappa shape index (κ1) is 63.8. The van der Waals surface area contributed by atoms with Crippen molar-refractivity contribution in [1.82, 2.24) is 0 Å². The Morgan fingerprint density at radius 2 is 0.773 bits per heavy atom. The summed E-state index contributed by atoms with van der Waals surface area (Å²) in [5.74, 6) is 0. The molecule has 0 N–H and O–H groups in total. The highest BCUT2D eigenvalue weighted by molar-refractivity contribution is 6.98. The number of hydrogen-bond donors (Lipinski definition) is 0. The van der Waals surface area contributed by atoms with Crippen LogP contribution in [0.1, 0.15) is 150 Å². The average Bonchev–Trinajstić information content (AvgIpc) is 0.855. The van der Waals surface area contributed by atoms with Crippen molar-refractivity contribution >= 4 is 57.2 Å². The van der Waals surface area contributed by atoms with Gasteiger partial charge in [0.25, 0.3) is 0 Å². The van der Waals surface area contributed by atoms with Gasteiger partial charge in [0.05, 0.1) is 0 Å². The molecule has 0 aromatic heterocycles. The summed E-state index contributed by atoms with van der Waals surface area (Å²) >= 11 is 0. The van der Waals surface area contributed by atoms with Crippen LogP contribution in [0.5, 0.6) is 0 Å². The van der Waals surface area contributed by atoms with E-state index in [1.807, 2.05) is 13.8 Å². The molecule has 1 heterocycles. The predicted molar refractivity (Wildman–Crippen MR) is 386 cm³/mol. The van der Waals surface area contributed by atoms with Gasteiger partial charge in [0.15, 0.2) is 0 Å². The van der Waals surface area contributed by atoms with E-state index in [4.69, 9.17) is 0 Å². The Morgan fingerprint density at radius 3 is 1.23 bits per heavy atom. The maximum Gasteiger partial charge on any atom is 0.247 e. The van der Waals surface area contributed by atoms with Crippen LogP contribution in [0.15, 0.2) is 260 Å². The first-order valence-corrected chi connectivity index (χ1v) is 31.9. The summed E-state index contributed by atoms with van der Waals surface area (Å²) in [6.07, 6.45) is 6.70. The van der Waals surface area contributed by atoms with E-state index in [9.17, 15) is 0 Å². The van der Waals surface area contributed by atoms with Crippen LogP contribution in [0.4, 0.5) is 34.1 Å². The van der Waals surface area contributed by atoms with Gasteiger partial charge in [-0.1, -0.05) is 303 Å². The zero-order chi connectivity index (χ0) is 63.1. The standard InChI is InChI=1S/C67H69BN2.C16H18.C2H6/c1-13-21-50(14-2)65(7,8)54-31-30-48(5)60(43-54)68-61-44-55(67(11,12)52-24-19-16-20-25-52)34-41-62(61)70(58-39-32-53(33-40-58)66(9,10)51-22-17-15-18-23-51)63-45-59(42-49(6)64(63)68)69(56-35-26-46(3)27-36-56)57-37-28-47(4)29-38-57;1-13-9-11-15(12-10-13)16(2,3)14-7-5-4-6-8-14;1-2/h13-45H,1-12H3;4-12H,1-3H3;1-2H3/b21-13-,50-14+;;. The van der Waals surface area contributed by atoms with Crippen molar-refractivity contribution in [2.75, 3.05) is 9.80 Å². The molecular weight excluding hydrogens is 1060 g/mol. The van der Waals surface area contributed by atoms with E-state index in [-0.39, 0.29) is 28.4 Å². The third-order valence-electron chi connectivity index (χ3n) is 18.8. The third kappa shape index (κ3) is 13.0. The molecule has 0 spiro atoms. The van der Waals surface area contributed by atoms with Gasteiger partial charge >= 0.3 is 0 Å². The largest absolute Gasteiger partial charge is 0.311 e. The first-order valence-electron chi connectivity index (χ1n) is 31.9. The van der Waals surface area contributed by atoms with E-state index in [0.717, 1.165) is 22.7 Å². The van der Waals surface area contributed by atoms with Crippen molar-refractivity contribution in [3.63, 3.8) is 0 Å². The molecular formula is C85H93BN2. The van der Waals surface area contributed by atoms with Crippen LogP contribution in [-0.4, -0.2) is 6.71 Å². The number of allylic oxidation sites excluding steroid dienone is 4. The molecule has 88 heavy (non-hydrogen) atoms. The van der Waals surface area contributed by atoms with Crippen LogP contribution in [0.3, 0.4) is 0 Å². The van der Waals surface area contributed by atoms with E-state index in [2.05, 4.69) is 368 Å². The highest BCUT2D eigenvalue weighted by atomic mass is 15.2. The maximum atomic E-state index is 2.56. The Hall–Kier alpha value is -8.66. The Labute approximate surface area is 530 Å². The number of hydrogen-bond acceptors (Lipinski definition) is 2. The lowest BCUT2D eigenvalue weighted by Gasteiger charge is -2.41. The molecule has 0 saturated carbocycles. The number of rotatable bonds is 14. The van der Waals surface area contributed by atoms with Crippen molar-refractivity contribution < 1.29 is 0 Å². The molecule has 0 bridgehead atoms. The van der Waals surface area contributed by atoms with Crippen LogP contribution < -0.4 is 26.2 Å². The van der Waals surface area contributed by atoms with Gasteiger partial charge in [-0.3, -0.25) is 0 Å². The van der Waals surface area contributed by atoms with E-state index in [1.165, 1.54) is 100 Å². The second kappa shape index (κ2) is 26.8. The monoisotopic (exact) mass is 1150 g/mol. The summed E-state index contributed by atoms with van der Waals surface area (Å²) in [7, 11) is 0. The van der Waals surface area contributed by atoms with Gasteiger partial charge in [-0.15, -0.1) is 0 Å². The van der Waals surface area contributed by atoms with Crippen LogP contribution in [0, 0.1) is 34.6 Å². The minimum absolute atomic E-state index is 0.0585. The molecule has 10 aromatic carbocycles. The minimum Gasteiger partial charge on any atom is -0.311 e. The fraction of sp³-hybridized carbons (Fsp3) is 0.247. The van der Waals surface area contributed by atoms with Gasteiger partial charge < -0.3 is 9.80 Å². The molecule has 0 radical (unpaired) electrons. The number of anilines is 6. The summed E-state index contributed by atoms with van der Waals surface area (Å²) in [6.45, 7) is 38.0. The van der Waals surface area contributed by atoms with Gasteiger partial charge in [-0.2, -0.15) is 0 Å². The Bertz CT molecular complexity index is 3970. The molecule has 0 saturated heterocycles. The Morgan fingerprint density at radius 1 is 0.375 bits per heavy atom. The maximum absolute atomic E-state index is 2.56. The van der Waals surface area contributed by atoms with Crippen molar-refractivity contribution in [1.29, 1.82) is 0 Å². The van der Waals surface area contributed by atoms with Crippen molar-refractivity contribution in [2.45, 2.75) is 139 Å². The topological polar surface area (TPSA) is 6.48 Å². The molecule has 0 amide bonds. The quantitative estimate of drug-likeness (QED) is 0.0791. The average molecular weight is 1150 g/mol. The number of nitrogens with zero attached hydrogens (tertiary/aromatic N) is 2. The highest BCUT2D eigenvalue weighted by Gasteiger charge is 2.40. The fourth-order valence-corrected chi connectivity index (χ4v) is 13.0. The van der Waals surface area contributed by atoms with Gasteiger partial charge in [0, 0.05) is 55.8 Å². The van der Waals surface area contributed by atoms with Crippen molar-refractivity contribution in [2.24, 2.45) is 0 Å². The third-order valence-corrected chi connectivity index (χ3v) is 18.8. The first-order chi connectivity index (χ1) is 42.1. The van der Waals surface area contributed by atoms with E-state index >= 15 is 0 Å². The lowest BCUT2D eigenvalue weighted by molar-refractivity contribution is 0.638. The van der Waals surface area contributed by atoms with Gasteiger partial charge in [-0.05, 0) is 159 Å². The molecule has 0 atom stereocenters. The molecule has 0 fully saturated rings. The summed E-state index contributed by atoms with van der Waals surface area (Å²) < 4.78 is 0. The molecule has 2 nitrogen and oxygen atoms in total. The SMILES string of the molecule is C/C=C\C(=C/C)C(C)(C)c1ccc(C)c(B2c3cc(C(C)(C)c4ccccc4)ccc3N(c3ccc(C(C)(C)c4ccccc4)cc3)c3cc(N(c4ccc(C)cc4)c4ccc(C)cc4)cc(C)c32)c1.CC.Cc1ccc(C(C)(C)c2ccccc2)cc1. The van der Waals surface area contributed by atoms with Crippen LogP contribution in [-0.2, 0) is 21.7 Å². The number of aryl methyl sites for hydroxylation is 5. The minimum atomic E-state index is -0.246. The predicted octanol–water partition coefficient (Wildman–Crippen LogP) is 21.5. The molecule has 446 valence electrons. The van der Waals surface area contributed by atoms with Crippen molar-refractivity contribution in [3.05, 3.63) is 327 Å². The van der Waals surface area contributed by atoms with Gasteiger partial charge in [-0.25, -0.2) is 0 Å². The van der Waals surface area contributed by atoms with E-state index in [0.29, 0.717) is 0 Å². The summed E-state index contributed by atoms with van der Waals surface area (Å²) in [6, 6.07) is 88.2. The van der Waals surface area contributed by atoms with Crippen molar-refractivity contribution in [3.8, 4) is 0 Å². The zero-order valence-electron chi connectivity index (χ0n) is 55.7. The van der Waals surface area contributed by atoms with Crippen LogP contribution >= 0.6 is 0 Å². The number of benzene rings is 10. The lowest BCUT2D eigenvalue weighted by Crippen LogP contribution is -2.59. The molecule has 1 aliphatic rings. The summed E-state index contributed by atoms with van der Waals surface area (Å²) in [5, 5.41) is 0. The van der Waals surface area contributed by atoms with E-state index < -0.39 is 0 Å². The highest BCUT2D eigenvalue weighted by Crippen LogP contribution is 2.45. The van der Waals surface area contributed by atoms with Crippen LogP contribution in [0.2, 0.25) is 0 Å². The molecule has 3 heteroatoms.